The molecule has 0 fully saturated rings. The van der Waals surface area contributed by atoms with Crippen molar-refractivity contribution < 1.29 is 9.53 Å². The van der Waals surface area contributed by atoms with Gasteiger partial charge in [0.15, 0.2) is 0 Å². The van der Waals surface area contributed by atoms with E-state index in [4.69, 9.17) is 4.74 Å². The summed E-state index contributed by atoms with van der Waals surface area (Å²) < 4.78 is 4.77. The quantitative estimate of drug-likeness (QED) is 0.512. The van der Waals surface area contributed by atoms with Crippen LogP contribution in [0.1, 0.15) is 19.8 Å². The molecule has 0 spiro atoms. The first-order valence-electron chi connectivity index (χ1n) is 2.83. The summed E-state index contributed by atoms with van der Waals surface area (Å²) in [7, 11) is 1.55. The SMILES string of the molecule is CCC[C@@H](C=O)OC. The molecular weight excluding hydrogens is 104 g/mol. The van der Waals surface area contributed by atoms with Gasteiger partial charge in [-0.2, -0.15) is 0 Å². The molecule has 0 unspecified atom stereocenters. The van der Waals surface area contributed by atoms with Gasteiger partial charge in [0.05, 0.1) is 0 Å². The molecule has 0 heterocycles. The van der Waals surface area contributed by atoms with E-state index >= 15 is 0 Å². The summed E-state index contributed by atoms with van der Waals surface area (Å²) in [6.07, 6.45) is 2.49. The molecule has 0 N–H and O–H groups in total. The van der Waals surface area contributed by atoms with Crippen molar-refractivity contribution in [3.63, 3.8) is 0 Å². The third-order valence-electron chi connectivity index (χ3n) is 1.03. The van der Waals surface area contributed by atoms with Gasteiger partial charge in [-0.3, -0.25) is 0 Å². The van der Waals surface area contributed by atoms with Crippen LogP contribution >= 0.6 is 0 Å². The Balaban J connectivity index is 3.21. The van der Waals surface area contributed by atoms with Crippen LogP contribution in [0.25, 0.3) is 0 Å². The van der Waals surface area contributed by atoms with Gasteiger partial charge < -0.3 is 9.53 Å². The summed E-state index contributed by atoms with van der Waals surface area (Å²) in [6, 6.07) is 0. The molecule has 0 saturated carbocycles. The lowest BCUT2D eigenvalue weighted by Crippen LogP contribution is -2.10. The van der Waals surface area contributed by atoms with E-state index in [1.54, 1.807) is 7.11 Å². The number of hydrogen-bond donors (Lipinski definition) is 0. The third-order valence-corrected chi connectivity index (χ3v) is 1.03. The van der Waals surface area contributed by atoms with Crippen LogP contribution in [0, 0.1) is 0 Å². The van der Waals surface area contributed by atoms with E-state index in [-0.39, 0.29) is 6.10 Å². The number of carbonyl (C=O) groups is 1. The highest BCUT2D eigenvalue weighted by molar-refractivity contribution is 5.55. The summed E-state index contributed by atoms with van der Waals surface area (Å²) in [5.74, 6) is 0. The van der Waals surface area contributed by atoms with Gasteiger partial charge in [0.25, 0.3) is 0 Å². The second-order valence-corrected chi connectivity index (χ2v) is 1.70. The standard InChI is InChI=1S/C6H12O2/c1-3-4-6(5-7)8-2/h5-6H,3-4H2,1-2H3/t6-/m0/s1. The number of ether oxygens (including phenoxy) is 1. The molecule has 2 nitrogen and oxygen atoms in total. The van der Waals surface area contributed by atoms with Crippen LogP contribution in [0.15, 0.2) is 0 Å². The normalized spacial score (nSPS) is 13.2. The maximum absolute atomic E-state index is 10.0. The predicted octanol–water partition coefficient (Wildman–Crippen LogP) is 1.00. The molecule has 1 atom stereocenters. The molecular formula is C6H12O2. The molecule has 0 bridgehead atoms. The lowest BCUT2D eigenvalue weighted by molar-refractivity contribution is -0.116. The topological polar surface area (TPSA) is 26.3 Å². The fourth-order valence-corrected chi connectivity index (χ4v) is 0.526. The van der Waals surface area contributed by atoms with E-state index in [9.17, 15) is 4.79 Å². The van der Waals surface area contributed by atoms with E-state index in [0.717, 1.165) is 19.1 Å². The zero-order valence-electron chi connectivity index (χ0n) is 5.39. The van der Waals surface area contributed by atoms with Gasteiger partial charge in [-0.25, -0.2) is 0 Å². The van der Waals surface area contributed by atoms with Crippen LogP contribution in [0.4, 0.5) is 0 Å². The molecule has 0 aliphatic rings. The Morgan fingerprint density at radius 3 is 2.50 bits per heavy atom. The van der Waals surface area contributed by atoms with Crippen molar-refractivity contribution in [2.24, 2.45) is 0 Å². The number of carbonyl (C=O) groups excluding carboxylic acids is 1. The molecule has 2 heteroatoms. The molecule has 0 aliphatic heterocycles. The first-order chi connectivity index (χ1) is 3.85. The highest BCUT2D eigenvalue weighted by Crippen LogP contribution is 1.95. The van der Waals surface area contributed by atoms with Gasteiger partial charge in [0.2, 0.25) is 0 Å². The first kappa shape index (κ1) is 7.63. The van der Waals surface area contributed by atoms with Gasteiger partial charge in [-0.05, 0) is 6.42 Å². The zero-order chi connectivity index (χ0) is 6.41. The summed E-state index contributed by atoms with van der Waals surface area (Å²) in [6.45, 7) is 2.02. The Morgan fingerprint density at radius 1 is 1.75 bits per heavy atom. The largest absolute Gasteiger partial charge is 0.374 e. The predicted molar refractivity (Wildman–Crippen MR) is 31.8 cm³/mol. The van der Waals surface area contributed by atoms with Crippen molar-refractivity contribution in [3.8, 4) is 0 Å². The van der Waals surface area contributed by atoms with Gasteiger partial charge in [0, 0.05) is 7.11 Å². The smallest absolute Gasteiger partial charge is 0.148 e. The fraction of sp³-hybridized carbons (Fsp3) is 0.833. The van der Waals surface area contributed by atoms with Crippen molar-refractivity contribution in [3.05, 3.63) is 0 Å². The average molecular weight is 116 g/mol. The van der Waals surface area contributed by atoms with Gasteiger partial charge >= 0.3 is 0 Å². The van der Waals surface area contributed by atoms with Crippen LogP contribution in [-0.2, 0) is 9.53 Å². The Labute approximate surface area is 49.8 Å². The molecule has 0 saturated heterocycles. The number of methoxy groups -OCH3 is 1. The summed E-state index contributed by atoms with van der Waals surface area (Å²) in [4.78, 5) is 10.0. The Hall–Kier alpha value is -0.370. The Morgan fingerprint density at radius 2 is 2.38 bits per heavy atom. The minimum Gasteiger partial charge on any atom is -0.374 e. The van der Waals surface area contributed by atoms with E-state index in [1.165, 1.54) is 0 Å². The van der Waals surface area contributed by atoms with Crippen LogP contribution in [0.3, 0.4) is 0 Å². The monoisotopic (exact) mass is 116 g/mol. The van der Waals surface area contributed by atoms with Crippen molar-refractivity contribution in [1.82, 2.24) is 0 Å². The molecule has 0 radical (unpaired) electrons. The van der Waals surface area contributed by atoms with Crippen LogP contribution < -0.4 is 0 Å². The van der Waals surface area contributed by atoms with Gasteiger partial charge in [-0.1, -0.05) is 13.3 Å². The molecule has 0 aliphatic carbocycles. The fourth-order valence-electron chi connectivity index (χ4n) is 0.526. The minimum absolute atomic E-state index is 0.181. The van der Waals surface area contributed by atoms with Crippen molar-refractivity contribution in [1.29, 1.82) is 0 Å². The molecule has 0 amide bonds. The number of hydrogen-bond acceptors (Lipinski definition) is 2. The van der Waals surface area contributed by atoms with Crippen molar-refractivity contribution in [2.45, 2.75) is 25.9 Å². The highest BCUT2D eigenvalue weighted by atomic mass is 16.5. The van der Waals surface area contributed by atoms with Crippen LogP contribution in [-0.4, -0.2) is 19.5 Å². The van der Waals surface area contributed by atoms with Crippen LogP contribution in [0.5, 0.6) is 0 Å². The Kier molecular flexibility index (Phi) is 4.56. The third kappa shape index (κ3) is 2.75. The van der Waals surface area contributed by atoms with Crippen molar-refractivity contribution in [2.75, 3.05) is 7.11 Å². The summed E-state index contributed by atoms with van der Waals surface area (Å²) in [5, 5.41) is 0. The Bertz CT molecular complexity index is 61.5. The van der Waals surface area contributed by atoms with E-state index in [1.807, 2.05) is 6.92 Å². The van der Waals surface area contributed by atoms with E-state index < -0.39 is 0 Å². The number of rotatable bonds is 4. The molecule has 0 aromatic heterocycles. The second kappa shape index (κ2) is 4.78. The molecule has 8 heavy (non-hydrogen) atoms. The lowest BCUT2D eigenvalue weighted by atomic mass is 10.2. The summed E-state index contributed by atoms with van der Waals surface area (Å²) in [5.41, 5.74) is 0. The minimum atomic E-state index is -0.181. The van der Waals surface area contributed by atoms with E-state index in [0.29, 0.717) is 0 Å². The molecule has 0 aromatic rings. The van der Waals surface area contributed by atoms with Gasteiger partial charge in [-0.15, -0.1) is 0 Å². The van der Waals surface area contributed by atoms with Crippen molar-refractivity contribution >= 4 is 6.29 Å². The van der Waals surface area contributed by atoms with Crippen LogP contribution in [0.2, 0.25) is 0 Å². The highest BCUT2D eigenvalue weighted by Gasteiger charge is 2.00. The second-order valence-electron chi connectivity index (χ2n) is 1.70. The lowest BCUT2D eigenvalue weighted by Gasteiger charge is -2.03. The van der Waals surface area contributed by atoms with Gasteiger partial charge in [0.1, 0.15) is 12.4 Å². The maximum atomic E-state index is 10.0. The zero-order valence-corrected chi connectivity index (χ0v) is 5.39. The summed E-state index contributed by atoms with van der Waals surface area (Å²) >= 11 is 0. The average Bonchev–Trinajstić information content (AvgIpc) is 1.83. The van der Waals surface area contributed by atoms with E-state index in [2.05, 4.69) is 0 Å². The molecule has 0 rings (SSSR count). The first-order valence-corrected chi connectivity index (χ1v) is 2.83. The number of aldehydes is 1. The maximum Gasteiger partial charge on any atom is 0.148 e. The molecule has 0 aromatic carbocycles. The molecule has 48 valence electrons.